The van der Waals surface area contributed by atoms with Crippen molar-refractivity contribution in [2.75, 3.05) is 7.11 Å². The summed E-state index contributed by atoms with van der Waals surface area (Å²) in [5.41, 5.74) is 0.450. The number of ether oxygens (including phenoxy) is 1. The van der Waals surface area contributed by atoms with E-state index in [1.165, 1.54) is 23.1 Å². The van der Waals surface area contributed by atoms with Gasteiger partial charge in [-0.2, -0.15) is 0 Å². The minimum Gasteiger partial charge on any atom is -0.497 e. The Kier molecular flexibility index (Phi) is 7.84. The van der Waals surface area contributed by atoms with Gasteiger partial charge in [0.25, 0.3) is 0 Å². The van der Waals surface area contributed by atoms with E-state index in [-0.39, 0.29) is 29.5 Å². The second kappa shape index (κ2) is 9.94. The maximum atomic E-state index is 14.2. The quantitative estimate of drug-likeness (QED) is 0.704. The first-order valence-electron chi connectivity index (χ1n) is 9.69. The lowest BCUT2D eigenvalue weighted by Crippen LogP contribution is -2.52. The topological polar surface area (TPSA) is 58.6 Å². The third-order valence-electron chi connectivity index (χ3n) is 4.54. The summed E-state index contributed by atoms with van der Waals surface area (Å²) in [6, 6.07) is 10.8. The number of halogens is 2. The number of methoxy groups -OCH3 is 1. The van der Waals surface area contributed by atoms with E-state index < -0.39 is 23.3 Å². The fourth-order valence-electron chi connectivity index (χ4n) is 2.98. The van der Waals surface area contributed by atoms with Crippen molar-refractivity contribution in [1.82, 2.24) is 10.2 Å². The molecule has 0 fully saturated rings. The number of hydrogen-bond donors (Lipinski definition) is 1. The number of nitrogens with one attached hydrogen (secondary N) is 1. The van der Waals surface area contributed by atoms with E-state index in [0.29, 0.717) is 5.75 Å². The fraction of sp³-hybridized carbons (Fsp3) is 0.391. The van der Waals surface area contributed by atoms with Gasteiger partial charge in [0, 0.05) is 22.7 Å². The Labute approximate surface area is 182 Å². The lowest BCUT2D eigenvalue weighted by molar-refractivity contribution is -0.140. The number of carbonyl (C=O) groups is 2. The van der Waals surface area contributed by atoms with Gasteiger partial charge in [0.2, 0.25) is 11.8 Å². The third kappa shape index (κ3) is 6.46. The van der Waals surface area contributed by atoms with E-state index in [0.717, 1.165) is 5.56 Å². The first kappa shape index (κ1) is 23.7. The summed E-state index contributed by atoms with van der Waals surface area (Å²) in [7, 11) is 1.56. The molecule has 0 unspecified atom stereocenters. The first-order valence-corrected chi connectivity index (χ1v) is 10.1. The van der Waals surface area contributed by atoms with Gasteiger partial charge < -0.3 is 15.0 Å². The van der Waals surface area contributed by atoms with Crippen molar-refractivity contribution < 1.29 is 18.7 Å². The molecule has 0 aromatic heterocycles. The van der Waals surface area contributed by atoms with Crippen LogP contribution >= 0.6 is 11.6 Å². The van der Waals surface area contributed by atoms with Gasteiger partial charge in [-0.25, -0.2) is 4.39 Å². The number of amides is 2. The molecule has 2 amide bonds. The van der Waals surface area contributed by atoms with Crippen LogP contribution in [-0.2, 0) is 22.6 Å². The summed E-state index contributed by atoms with van der Waals surface area (Å²) in [5, 5.41) is 3.07. The molecule has 7 heteroatoms. The minimum atomic E-state index is -0.770. The van der Waals surface area contributed by atoms with Gasteiger partial charge in [0.1, 0.15) is 17.6 Å². The Morgan fingerprint density at radius 1 is 1.20 bits per heavy atom. The van der Waals surface area contributed by atoms with E-state index in [4.69, 9.17) is 16.3 Å². The van der Waals surface area contributed by atoms with Crippen molar-refractivity contribution in [2.45, 2.75) is 52.2 Å². The van der Waals surface area contributed by atoms with Crippen molar-refractivity contribution in [3.8, 4) is 5.75 Å². The SMILES string of the molecule is COc1cccc(CN(C(=O)Cc2c(F)cccc2Cl)[C@@H](C)C(=O)NC(C)(C)C)c1. The Balaban J connectivity index is 2.33. The normalized spacial score (nSPS) is 12.2. The Bertz CT molecular complexity index is 891. The zero-order chi connectivity index (χ0) is 22.5. The van der Waals surface area contributed by atoms with Crippen LogP contribution in [0.2, 0.25) is 5.02 Å². The van der Waals surface area contributed by atoms with Crippen LogP contribution in [0.5, 0.6) is 5.75 Å². The summed E-state index contributed by atoms with van der Waals surface area (Å²) in [6.07, 6.45) is -0.247. The van der Waals surface area contributed by atoms with Crippen LogP contribution in [0.4, 0.5) is 4.39 Å². The monoisotopic (exact) mass is 434 g/mol. The number of hydrogen-bond acceptors (Lipinski definition) is 3. The summed E-state index contributed by atoms with van der Waals surface area (Å²) in [6.45, 7) is 7.42. The Hall–Kier alpha value is -2.60. The molecule has 5 nitrogen and oxygen atoms in total. The van der Waals surface area contributed by atoms with E-state index >= 15 is 0 Å². The molecule has 1 N–H and O–H groups in total. The molecular formula is C23H28ClFN2O3. The van der Waals surface area contributed by atoms with Gasteiger partial charge in [-0.15, -0.1) is 0 Å². The predicted molar refractivity (Wildman–Crippen MR) is 116 cm³/mol. The summed E-state index contributed by atoms with van der Waals surface area (Å²) < 4.78 is 19.5. The van der Waals surface area contributed by atoms with E-state index in [2.05, 4.69) is 5.32 Å². The number of rotatable bonds is 7. The van der Waals surface area contributed by atoms with Crippen LogP contribution in [-0.4, -0.2) is 35.4 Å². The van der Waals surface area contributed by atoms with Crippen LogP contribution in [0.3, 0.4) is 0 Å². The molecule has 0 aliphatic carbocycles. The molecule has 30 heavy (non-hydrogen) atoms. The molecular weight excluding hydrogens is 407 g/mol. The largest absolute Gasteiger partial charge is 0.497 e. The zero-order valence-electron chi connectivity index (χ0n) is 18.0. The fourth-order valence-corrected chi connectivity index (χ4v) is 3.21. The molecule has 0 saturated carbocycles. The van der Waals surface area contributed by atoms with E-state index in [1.54, 1.807) is 26.2 Å². The van der Waals surface area contributed by atoms with Gasteiger partial charge in [-0.05, 0) is 57.5 Å². The molecule has 0 saturated heterocycles. The van der Waals surface area contributed by atoms with E-state index in [1.807, 2.05) is 32.9 Å². The summed E-state index contributed by atoms with van der Waals surface area (Å²) in [5.74, 6) is -0.604. The smallest absolute Gasteiger partial charge is 0.242 e. The van der Waals surface area contributed by atoms with Crippen molar-refractivity contribution in [3.63, 3.8) is 0 Å². The maximum Gasteiger partial charge on any atom is 0.242 e. The highest BCUT2D eigenvalue weighted by molar-refractivity contribution is 6.31. The van der Waals surface area contributed by atoms with Crippen LogP contribution < -0.4 is 10.1 Å². The summed E-state index contributed by atoms with van der Waals surface area (Å²) in [4.78, 5) is 27.4. The van der Waals surface area contributed by atoms with Crippen LogP contribution in [0.1, 0.15) is 38.8 Å². The van der Waals surface area contributed by atoms with Crippen molar-refractivity contribution in [1.29, 1.82) is 0 Å². The molecule has 0 bridgehead atoms. The number of benzene rings is 2. The molecule has 0 aliphatic heterocycles. The van der Waals surface area contributed by atoms with Crippen LogP contribution in [0.15, 0.2) is 42.5 Å². The van der Waals surface area contributed by atoms with Crippen molar-refractivity contribution in [2.24, 2.45) is 0 Å². The second-order valence-corrected chi connectivity index (χ2v) is 8.57. The second-order valence-electron chi connectivity index (χ2n) is 8.17. The molecule has 2 rings (SSSR count). The highest BCUT2D eigenvalue weighted by Gasteiger charge is 2.29. The van der Waals surface area contributed by atoms with Crippen LogP contribution in [0, 0.1) is 5.82 Å². The molecule has 1 atom stereocenters. The lowest BCUT2D eigenvalue weighted by Gasteiger charge is -2.31. The van der Waals surface area contributed by atoms with E-state index in [9.17, 15) is 14.0 Å². The average molecular weight is 435 g/mol. The van der Waals surface area contributed by atoms with Gasteiger partial charge in [-0.3, -0.25) is 9.59 Å². The summed E-state index contributed by atoms with van der Waals surface area (Å²) >= 11 is 6.10. The van der Waals surface area contributed by atoms with Crippen molar-refractivity contribution >= 4 is 23.4 Å². The van der Waals surface area contributed by atoms with Gasteiger partial charge in [0.15, 0.2) is 0 Å². The predicted octanol–water partition coefficient (Wildman–Crippen LogP) is 4.36. The van der Waals surface area contributed by atoms with Gasteiger partial charge >= 0.3 is 0 Å². The standard InChI is InChI=1S/C23H28ClFN2O3/c1-15(22(29)26-23(2,3)4)27(14-16-8-6-9-17(12-16)30-5)21(28)13-18-19(24)10-7-11-20(18)25/h6-12,15H,13-14H2,1-5H3,(H,26,29)/t15-/m0/s1. The maximum absolute atomic E-state index is 14.2. The molecule has 162 valence electrons. The molecule has 0 heterocycles. The number of nitrogens with zero attached hydrogens (tertiary/aromatic N) is 1. The molecule has 2 aromatic rings. The first-order chi connectivity index (χ1) is 14.0. The van der Waals surface area contributed by atoms with Crippen LogP contribution in [0.25, 0.3) is 0 Å². The highest BCUT2D eigenvalue weighted by atomic mass is 35.5. The molecule has 0 aliphatic rings. The lowest BCUT2D eigenvalue weighted by atomic mass is 10.1. The highest BCUT2D eigenvalue weighted by Crippen LogP contribution is 2.22. The Morgan fingerprint density at radius 2 is 1.87 bits per heavy atom. The molecule has 0 radical (unpaired) electrons. The molecule has 2 aromatic carbocycles. The molecule has 0 spiro atoms. The van der Waals surface area contributed by atoms with Crippen molar-refractivity contribution in [3.05, 3.63) is 64.4 Å². The minimum absolute atomic E-state index is 0.114. The third-order valence-corrected chi connectivity index (χ3v) is 4.90. The number of carbonyl (C=O) groups excluding carboxylic acids is 2. The zero-order valence-corrected chi connectivity index (χ0v) is 18.7. The Morgan fingerprint density at radius 3 is 2.47 bits per heavy atom. The van der Waals surface area contributed by atoms with Gasteiger partial charge in [0.05, 0.1) is 13.5 Å². The average Bonchev–Trinajstić information content (AvgIpc) is 2.67. The van der Waals surface area contributed by atoms with Gasteiger partial charge in [-0.1, -0.05) is 29.8 Å².